The molecule has 3 fully saturated rings. The first-order chi connectivity index (χ1) is 12.2. The summed E-state index contributed by atoms with van der Waals surface area (Å²) in [6, 6.07) is 6.71. The minimum Gasteiger partial charge on any atom is -0.371 e. The van der Waals surface area contributed by atoms with Crippen molar-refractivity contribution in [3.05, 3.63) is 30.1 Å². The monoisotopic (exact) mass is 345 g/mol. The Morgan fingerprint density at radius 3 is 2.96 bits per heavy atom. The van der Waals surface area contributed by atoms with Gasteiger partial charge in [0.2, 0.25) is 5.91 Å². The van der Waals surface area contributed by atoms with Crippen LogP contribution in [0.5, 0.6) is 0 Å². The zero-order chi connectivity index (χ0) is 17.3. The fraction of sp³-hybridized carbons (Fsp3) is 0.650. The van der Waals surface area contributed by atoms with Gasteiger partial charge in [0, 0.05) is 31.9 Å². The van der Waals surface area contributed by atoms with Crippen LogP contribution in [-0.2, 0) is 4.79 Å². The Bertz CT molecular complexity index is 620. The average molecular weight is 345 g/mol. The first-order valence-electron chi connectivity index (χ1n) is 9.67. The number of hydrogen-bond donors (Lipinski definition) is 2. The molecule has 0 bridgehead atoms. The summed E-state index contributed by atoms with van der Waals surface area (Å²) in [7, 11) is 0. The van der Waals surface area contributed by atoms with Crippen molar-refractivity contribution >= 4 is 11.6 Å². The van der Waals surface area contributed by atoms with Gasteiger partial charge in [-0.15, -0.1) is 0 Å². The summed E-state index contributed by atoms with van der Waals surface area (Å²) in [5.41, 5.74) is 0.911. The Kier molecular flexibility index (Phi) is 4.67. The lowest BCUT2D eigenvalue weighted by Crippen LogP contribution is -2.49. The quantitative estimate of drug-likeness (QED) is 0.881. The summed E-state index contributed by atoms with van der Waals surface area (Å²) in [5.74, 6) is 1.06. The van der Waals surface area contributed by atoms with Crippen LogP contribution < -0.4 is 15.5 Å². The third-order valence-corrected chi connectivity index (χ3v) is 6.52. The summed E-state index contributed by atoms with van der Waals surface area (Å²) in [6.07, 6.45) is 5.72. The Balaban J connectivity index is 1.31. The topological polar surface area (TPSA) is 44.4 Å². The maximum Gasteiger partial charge on any atom is 0.227 e. The third-order valence-electron chi connectivity index (χ3n) is 6.52. The third kappa shape index (κ3) is 3.26. The molecule has 2 saturated heterocycles. The number of hydrogen-bond acceptors (Lipinski definition) is 3. The second-order valence-corrected chi connectivity index (χ2v) is 8.02. The number of halogens is 1. The van der Waals surface area contributed by atoms with Gasteiger partial charge in [-0.1, -0.05) is 12.8 Å². The van der Waals surface area contributed by atoms with Crippen LogP contribution in [-0.4, -0.2) is 38.6 Å². The number of nitrogens with zero attached hydrogens (tertiary/aromatic N) is 1. The predicted molar refractivity (Wildman–Crippen MR) is 97.0 cm³/mol. The molecule has 1 saturated carbocycles. The minimum atomic E-state index is -0.196. The molecule has 0 aromatic heterocycles. The number of carbonyl (C=O) groups excluding carboxylic acids is 1. The van der Waals surface area contributed by atoms with Crippen LogP contribution in [0.15, 0.2) is 24.3 Å². The molecule has 4 nitrogen and oxygen atoms in total. The summed E-state index contributed by atoms with van der Waals surface area (Å²) in [6.45, 7) is 4.50. The average Bonchev–Trinajstić information content (AvgIpc) is 3.28. The normalized spacial score (nSPS) is 31.8. The molecule has 3 atom stereocenters. The van der Waals surface area contributed by atoms with Gasteiger partial charge in [-0.3, -0.25) is 4.79 Å². The van der Waals surface area contributed by atoms with Crippen molar-refractivity contribution in [2.75, 3.05) is 37.6 Å². The Labute approximate surface area is 149 Å². The first kappa shape index (κ1) is 16.8. The smallest absolute Gasteiger partial charge is 0.227 e. The summed E-state index contributed by atoms with van der Waals surface area (Å²) >= 11 is 0. The van der Waals surface area contributed by atoms with Crippen molar-refractivity contribution in [2.24, 2.45) is 17.3 Å². The van der Waals surface area contributed by atoms with Crippen molar-refractivity contribution in [2.45, 2.75) is 32.1 Å². The van der Waals surface area contributed by atoms with E-state index in [1.807, 2.05) is 12.1 Å². The molecule has 0 spiro atoms. The largest absolute Gasteiger partial charge is 0.371 e. The molecule has 2 aliphatic heterocycles. The molecule has 5 heteroatoms. The lowest BCUT2D eigenvalue weighted by atomic mass is 9.67. The van der Waals surface area contributed by atoms with E-state index in [1.165, 1.54) is 31.4 Å². The highest BCUT2D eigenvalue weighted by Gasteiger charge is 2.49. The van der Waals surface area contributed by atoms with Gasteiger partial charge in [0.1, 0.15) is 5.82 Å². The molecular formula is C20H28FN3O. The van der Waals surface area contributed by atoms with E-state index < -0.39 is 0 Å². The number of carbonyl (C=O) groups is 1. The summed E-state index contributed by atoms with van der Waals surface area (Å²) in [4.78, 5) is 15.2. The molecule has 2 N–H and O–H groups in total. The number of amides is 1. The van der Waals surface area contributed by atoms with Crippen molar-refractivity contribution in [1.82, 2.24) is 10.6 Å². The standard InChI is InChI=1S/C20H28FN3O/c21-17-4-6-18(7-5-17)24-10-8-15(13-24)11-23-19(25)20-9-2-1-3-16(20)12-22-14-20/h4-7,15-16,22H,1-3,8-14H2,(H,23,25)/t15?,16-,20+/m0/s1. The Hall–Kier alpha value is -1.62. The minimum absolute atomic E-state index is 0.159. The highest BCUT2D eigenvalue weighted by atomic mass is 19.1. The van der Waals surface area contributed by atoms with Crippen LogP contribution in [0.3, 0.4) is 0 Å². The van der Waals surface area contributed by atoms with E-state index in [4.69, 9.17) is 0 Å². The van der Waals surface area contributed by atoms with E-state index in [0.717, 1.165) is 51.3 Å². The lowest BCUT2D eigenvalue weighted by Gasteiger charge is -2.37. The molecule has 136 valence electrons. The first-order valence-corrected chi connectivity index (χ1v) is 9.67. The molecule has 25 heavy (non-hydrogen) atoms. The van der Waals surface area contributed by atoms with Crippen molar-refractivity contribution < 1.29 is 9.18 Å². The molecule has 4 rings (SSSR count). The summed E-state index contributed by atoms with van der Waals surface area (Å²) in [5, 5.41) is 6.72. The van der Waals surface area contributed by atoms with E-state index in [0.29, 0.717) is 11.8 Å². The van der Waals surface area contributed by atoms with Crippen molar-refractivity contribution in [1.29, 1.82) is 0 Å². The van der Waals surface area contributed by atoms with Gasteiger partial charge in [0.05, 0.1) is 5.41 Å². The number of benzene rings is 1. The van der Waals surface area contributed by atoms with Gasteiger partial charge in [0.25, 0.3) is 0 Å². The maximum atomic E-state index is 13.1. The van der Waals surface area contributed by atoms with Crippen LogP contribution >= 0.6 is 0 Å². The maximum absolute atomic E-state index is 13.1. The zero-order valence-corrected chi connectivity index (χ0v) is 14.8. The van der Waals surface area contributed by atoms with Gasteiger partial charge >= 0.3 is 0 Å². The highest BCUT2D eigenvalue weighted by Crippen LogP contribution is 2.43. The molecule has 1 aliphatic carbocycles. The molecular weight excluding hydrogens is 317 g/mol. The lowest BCUT2D eigenvalue weighted by molar-refractivity contribution is -0.134. The van der Waals surface area contributed by atoms with E-state index in [1.54, 1.807) is 0 Å². The summed E-state index contributed by atoms with van der Waals surface area (Å²) < 4.78 is 13.1. The number of anilines is 1. The molecule has 1 unspecified atom stereocenters. The van der Waals surface area contributed by atoms with E-state index in [2.05, 4.69) is 15.5 Å². The van der Waals surface area contributed by atoms with Gasteiger partial charge in [-0.2, -0.15) is 0 Å². The van der Waals surface area contributed by atoms with Crippen LogP contribution in [0.1, 0.15) is 32.1 Å². The number of rotatable bonds is 4. The molecule has 2 heterocycles. The fourth-order valence-electron chi connectivity index (χ4n) is 4.99. The van der Waals surface area contributed by atoms with E-state index >= 15 is 0 Å². The van der Waals surface area contributed by atoms with Crippen LogP contribution in [0.25, 0.3) is 0 Å². The molecule has 1 aromatic rings. The van der Waals surface area contributed by atoms with Gasteiger partial charge in [0.15, 0.2) is 0 Å². The van der Waals surface area contributed by atoms with Crippen LogP contribution in [0, 0.1) is 23.1 Å². The van der Waals surface area contributed by atoms with Crippen LogP contribution in [0.4, 0.5) is 10.1 Å². The predicted octanol–water partition coefficient (Wildman–Crippen LogP) is 2.55. The number of nitrogens with one attached hydrogen (secondary N) is 2. The highest BCUT2D eigenvalue weighted by molar-refractivity contribution is 5.83. The Morgan fingerprint density at radius 1 is 1.28 bits per heavy atom. The molecule has 1 amide bonds. The molecule has 3 aliphatic rings. The second kappa shape index (κ2) is 6.94. The van der Waals surface area contributed by atoms with Gasteiger partial charge in [-0.25, -0.2) is 4.39 Å². The molecule has 0 radical (unpaired) electrons. The second-order valence-electron chi connectivity index (χ2n) is 8.02. The molecule has 1 aromatic carbocycles. The fourth-order valence-corrected chi connectivity index (χ4v) is 4.99. The van der Waals surface area contributed by atoms with Gasteiger partial charge in [-0.05, 0) is 61.9 Å². The number of fused-ring (bicyclic) bond motifs is 1. The Morgan fingerprint density at radius 2 is 2.12 bits per heavy atom. The van der Waals surface area contributed by atoms with E-state index in [9.17, 15) is 9.18 Å². The van der Waals surface area contributed by atoms with Crippen molar-refractivity contribution in [3.8, 4) is 0 Å². The van der Waals surface area contributed by atoms with Crippen molar-refractivity contribution in [3.63, 3.8) is 0 Å². The van der Waals surface area contributed by atoms with Crippen LogP contribution in [0.2, 0.25) is 0 Å². The van der Waals surface area contributed by atoms with E-state index in [-0.39, 0.29) is 17.1 Å². The van der Waals surface area contributed by atoms with Gasteiger partial charge < -0.3 is 15.5 Å². The SMILES string of the molecule is O=C(NCC1CCN(c2ccc(F)cc2)C1)[C@@]12CCCC[C@H]1CNC2. The zero-order valence-electron chi connectivity index (χ0n) is 14.8.